The molecule has 0 spiro atoms. The highest BCUT2D eigenvalue weighted by molar-refractivity contribution is 5.86. The van der Waals surface area contributed by atoms with Gasteiger partial charge in [0.05, 0.1) is 6.61 Å². The van der Waals surface area contributed by atoms with Crippen molar-refractivity contribution in [3.8, 4) is 0 Å². The predicted molar refractivity (Wildman–Crippen MR) is 64.9 cm³/mol. The Bertz CT molecular complexity index is 312. The summed E-state index contributed by atoms with van der Waals surface area (Å²) in [4.78, 5) is 25.9. The zero-order chi connectivity index (χ0) is 13.0. The molecule has 5 heteroatoms. The quantitative estimate of drug-likeness (QED) is 0.705. The molecule has 0 aliphatic carbocycles. The number of rotatable bonds is 3. The largest absolute Gasteiger partial charge is 0.464 e. The van der Waals surface area contributed by atoms with Gasteiger partial charge in [-0.3, -0.25) is 4.79 Å². The molecule has 18 heavy (non-hydrogen) atoms. The van der Waals surface area contributed by atoms with Gasteiger partial charge in [0.2, 0.25) is 5.91 Å². The van der Waals surface area contributed by atoms with Gasteiger partial charge in [-0.05, 0) is 32.6 Å². The molecule has 0 bridgehead atoms. The molecule has 2 fully saturated rings. The van der Waals surface area contributed by atoms with Crippen LogP contribution in [0.5, 0.6) is 0 Å². The minimum atomic E-state index is -0.361. The first-order chi connectivity index (χ1) is 8.74. The standard InChI is InChI=1S/C13H21NO4/c1-2-18-13(16)11-4-3-7-14(11)12(15)10-5-8-17-9-6-10/h10-11H,2-9H2,1H3. The van der Waals surface area contributed by atoms with E-state index >= 15 is 0 Å². The molecule has 0 aromatic rings. The Labute approximate surface area is 107 Å². The van der Waals surface area contributed by atoms with Crippen LogP contribution in [0.25, 0.3) is 0 Å². The number of ether oxygens (including phenoxy) is 2. The highest BCUT2D eigenvalue weighted by atomic mass is 16.5. The van der Waals surface area contributed by atoms with Gasteiger partial charge in [0.1, 0.15) is 6.04 Å². The molecule has 1 amide bonds. The van der Waals surface area contributed by atoms with Crippen LogP contribution in [0.15, 0.2) is 0 Å². The molecule has 2 heterocycles. The van der Waals surface area contributed by atoms with Crippen molar-refractivity contribution in [2.24, 2.45) is 5.92 Å². The lowest BCUT2D eigenvalue weighted by Crippen LogP contribution is -2.45. The van der Waals surface area contributed by atoms with Gasteiger partial charge in [0.25, 0.3) is 0 Å². The summed E-state index contributed by atoms with van der Waals surface area (Å²) in [5.41, 5.74) is 0. The molecule has 1 atom stereocenters. The summed E-state index contributed by atoms with van der Waals surface area (Å²) in [5, 5.41) is 0. The average molecular weight is 255 g/mol. The maximum Gasteiger partial charge on any atom is 0.328 e. The molecule has 2 aliphatic rings. The van der Waals surface area contributed by atoms with E-state index in [-0.39, 0.29) is 23.8 Å². The lowest BCUT2D eigenvalue weighted by molar-refractivity contribution is -0.155. The summed E-state index contributed by atoms with van der Waals surface area (Å²) in [7, 11) is 0. The monoisotopic (exact) mass is 255 g/mol. The van der Waals surface area contributed by atoms with Crippen molar-refractivity contribution in [1.82, 2.24) is 4.90 Å². The Kier molecular flexibility index (Phi) is 4.58. The highest BCUT2D eigenvalue weighted by Gasteiger charge is 2.38. The van der Waals surface area contributed by atoms with Crippen molar-refractivity contribution in [2.75, 3.05) is 26.4 Å². The molecule has 0 saturated carbocycles. The molecule has 0 N–H and O–H groups in total. The zero-order valence-corrected chi connectivity index (χ0v) is 10.9. The summed E-state index contributed by atoms with van der Waals surface area (Å²) < 4.78 is 10.3. The molecule has 2 aliphatic heterocycles. The zero-order valence-electron chi connectivity index (χ0n) is 10.9. The van der Waals surface area contributed by atoms with Crippen molar-refractivity contribution in [1.29, 1.82) is 0 Å². The molecule has 0 aromatic heterocycles. The SMILES string of the molecule is CCOC(=O)C1CCCN1C(=O)C1CCOCC1. The van der Waals surface area contributed by atoms with Gasteiger partial charge >= 0.3 is 5.97 Å². The summed E-state index contributed by atoms with van der Waals surface area (Å²) >= 11 is 0. The summed E-state index contributed by atoms with van der Waals surface area (Å²) in [6.45, 7) is 4.13. The Morgan fingerprint density at radius 1 is 1.28 bits per heavy atom. The van der Waals surface area contributed by atoms with Crippen molar-refractivity contribution < 1.29 is 19.1 Å². The highest BCUT2D eigenvalue weighted by Crippen LogP contribution is 2.25. The Balaban J connectivity index is 1.97. The fourth-order valence-corrected chi connectivity index (χ4v) is 2.69. The van der Waals surface area contributed by atoms with Crippen molar-refractivity contribution in [2.45, 2.75) is 38.6 Å². The molecular formula is C13H21NO4. The second-order valence-electron chi connectivity index (χ2n) is 4.83. The van der Waals surface area contributed by atoms with Gasteiger partial charge in [-0.25, -0.2) is 4.79 Å². The third-order valence-corrected chi connectivity index (χ3v) is 3.67. The Morgan fingerprint density at radius 2 is 2.00 bits per heavy atom. The van der Waals surface area contributed by atoms with Crippen LogP contribution in [-0.2, 0) is 19.1 Å². The van der Waals surface area contributed by atoms with Crippen LogP contribution in [-0.4, -0.2) is 49.2 Å². The number of amides is 1. The fourth-order valence-electron chi connectivity index (χ4n) is 2.69. The number of likely N-dealkylation sites (tertiary alicyclic amines) is 1. The molecule has 0 radical (unpaired) electrons. The lowest BCUT2D eigenvalue weighted by Gasteiger charge is -2.29. The molecule has 5 nitrogen and oxygen atoms in total. The Hall–Kier alpha value is -1.10. The molecule has 2 rings (SSSR count). The second kappa shape index (κ2) is 6.18. The first-order valence-corrected chi connectivity index (χ1v) is 6.79. The van der Waals surface area contributed by atoms with E-state index in [1.165, 1.54) is 0 Å². The van der Waals surface area contributed by atoms with Crippen LogP contribution in [0.4, 0.5) is 0 Å². The third kappa shape index (κ3) is 2.83. The van der Waals surface area contributed by atoms with Crippen molar-refractivity contribution >= 4 is 11.9 Å². The van der Waals surface area contributed by atoms with Crippen LogP contribution in [0.1, 0.15) is 32.6 Å². The lowest BCUT2D eigenvalue weighted by atomic mass is 9.98. The van der Waals surface area contributed by atoms with Crippen LogP contribution < -0.4 is 0 Å². The number of hydrogen-bond acceptors (Lipinski definition) is 4. The summed E-state index contributed by atoms with van der Waals surface area (Å²) in [5.74, 6) is -0.127. The van der Waals surface area contributed by atoms with E-state index in [1.54, 1.807) is 11.8 Å². The summed E-state index contributed by atoms with van der Waals surface area (Å²) in [6.07, 6.45) is 3.15. The first kappa shape index (κ1) is 13.3. The normalized spacial score (nSPS) is 25.2. The number of carbonyl (C=O) groups is 2. The smallest absolute Gasteiger partial charge is 0.328 e. The molecule has 0 aromatic carbocycles. The van der Waals surface area contributed by atoms with E-state index in [4.69, 9.17) is 9.47 Å². The van der Waals surface area contributed by atoms with Crippen molar-refractivity contribution in [3.63, 3.8) is 0 Å². The first-order valence-electron chi connectivity index (χ1n) is 6.79. The van der Waals surface area contributed by atoms with E-state index in [1.807, 2.05) is 0 Å². The van der Waals surface area contributed by atoms with Gasteiger partial charge in [-0.1, -0.05) is 0 Å². The van der Waals surface area contributed by atoms with Crippen molar-refractivity contribution in [3.05, 3.63) is 0 Å². The molecule has 2 saturated heterocycles. The third-order valence-electron chi connectivity index (χ3n) is 3.67. The topological polar surface area (TPSA) is 55.8 Å². The van der Waals surface area contributed by atoms with Crippen LogP contribution in [0.2, 0.25) is 0 Å². The molecule has 1 unspecified atom stereocenters. The van der Waals surface area contributed by atoms with Gasteiger partial charge < -0.3 is 14.4 Å². The van der Waals surface area contributed by atoms with Crippen LogP contribution in [0, 0.1) is 5.92 Å². The minimum absolute atomic E-state index is 0.0220. The van der Waals surface area contributed by atoms with Crippen LogP contribution in [0.3, 0.4) is 0 Å². The van der Waals surface area contributed by atoms with Gasteiger partial charge in [0.15, 0.2) is 0 Å². The number of nitrogens with zero attached hydrogens (tertiary/aromatic N) is 1. The maximum atomic E-state index is 12.4. The van der Waals surface area contributed by atoms with E-state index in [9.17, 15) is 9.59 Å². The number of carbonyl (C=O) groups excluding carboxylic acids is 2. The van der Waals surface area contributed by atoms with Crippen LogP contribution >= 0.6 is 0 Å². The van der Waals surface area contributed by atoms with E-state index in [0.717, 1.165) is 25.7 Å². The summed E-state index contributed by atoms with van der Waals surface area (Å²) in [6, 6.07) is -0.361. The second-order valence-corrected chi connectivity index (χ2v) is 4.83. The number of esters is 1. The van der Waals surface area contributed by atoms with E-state index < -0.39 is 0 Å². The van der Waals surface area contributed by atoms with E-state index in [2.05, 4.69) is 0 Å². The maximum absolute atomic E-state index is 12.4. The van der Waals surface area contributed by atoms with Gasteiger partial charge in [-0.15, -0.1) is 0 Å². The van der Waals surface area contributed by atoms with Gasteiger partial charge in [0, 0.05) is 25.7 Å². The fraction of sp³-hybridized carbons (Fsp3) is 0.846. The minimum Gasteiger partial charge on any atom is -0.464 e. The van der Waals surface area contributed by atoms with E-state index in [0.29, 0.717) is 26.4 Å². The Morgan fingerprint density at radius 3 is 2.67 bits per heavy atom. The number of hydrogen-bond donors (Lipinski definition) is 0. The molecule has 102 valence electrons. The van der Waals surface area contributed by atoms with Gasteiger partial charge in [-0.2, -0.15) is 0 Å². The average Bonchev–Trinajstić information content (AvgIpc) is 2.88. The molecular weight excluding hydrogens is 234 g/mol. The predicted octanol–water partition coefficient (Wildman–Crippen LogP) is 0.967.